The summed E-state index contributed by atoms with van der Waals surface area (Å²) < 4.78 is 0. The highest BCUT2D eigenvalue weighted by Gasteiger charge is 2.33. The van der Waals surface area contributed by atoms with Crippen LogP contribution in [0.3, 0.4) is 0 Å². The van der Waals surface area contributed by atoms with Gasteiger partial charge < -0.3 is 0 Å². The van der Waals surface area contributed by atoms with Crippen LogP contribution in [-0.2, 0) is 19.2 Å². The lowest BCUT2D eigenvalue weighted by atomic mass is 10.1. The van der Waals surface area contributed by atoms with Crippen molar-refractivity contribution in [3.8, 4) is 0 Å². The van der Waals surface area contributed by atoms with Crippen molar-refractivity contribution in [2.45, 2.75) is 20.8 Å². The predicted molar refractivity (Wildman–Crippen MR) is 83.8 cm³/mol. The summed E-state index contributed by atoms with van der Waals surface area (Å²) in [7, 11) is 0. The Labute approximate surface area is 132 Å². The number of hydrogen-bond donors (Lipinski definition) is 0. The number of imide groups is 2. The Morgan fingerprint density at radius 3 is 1.70 bits per heavy atom. The fourth-order valence-corrected chi connectivity index (χ4v) is 2.77. The van der Waals surface area contributed by atoms with Gasteiger partial charge in [-0.05, 0) is 38.0 Å². The Balaban J connectivity index is 2.12. The standard InChI is InChI=1S/C17H14N2O4/c1-9-6-10(2)13(19-16(22)7-11(3)17(19)23)8-12(9)18-14(20)4-5-15(18)21/h4-8H,1-3H3. The van der Waals surface area contributed by atoms with E-state index < -0.39 is 23.6 Å². The van der Waals surface area contributed by atoms with Crippen molar-refractivity contribution in [1.29, 1.82) is 0 Å². The molecule has 0 aliphatic carbocycles. The van der Waals surface area contributed by atoms with Gasteiger partial charge in [0.1, 0.15) is 0 Å². The van der Waals surface area contributed by atoms with E-state index in [4.69, 9.17) is 0 Å². The minimum atomic E-state index is -0.443. The van der Waals surface area contributed by atoms with Crippen molar-refractivity contribution in [1.82, 2.24) is 0 Å². The van der Waals surface area contributed by atoms with Gasteiger partial charge in [0.05, 0.1) is 11.4 Å². The number of anilines is 2. The minimum Gasteiger partial charge on any atom is -0.269 e. The van der Waals surface area contributed by atoms with E-state index in [0.717, 1.165) is 9.80 Å². The van der Waals surface area contributed by atoms with Crippen LogP contribution in [-0.4, -0.2) is 23.6 Å². The van der Waals surface area contributed by atoms with Gasteiger partial charge in [-0.3, -0.25) is 19.2 Å². The van der Waals surface area contributed by atoms with Crippen LogP contribution in [0, 0.1) is 13.8 Å². The highest BCUT2D eigenvalue weighted by Crippen LogP contribution is 2.33. The molecule has 0 atom stereocenters. The van der Waals surface area contributed by atoms with E-state index >= 15 is 0 Å². The first-order chi connectivity index (χ1) is 10.8. The molecule has 2 heterocycles. The van der Waals surface area contributed by atoms with Gasteiger partial charge in [-0.1, -0.05) is 6.07 Å². The Hall–Kier alpha value is -3.02. The zero-order chi connectivity index (χ0) is 16.9. The number of rotatable bonds is 2. The second-order valence-electron chi connectivity index (χ2n) is 5.58. The quantitative estimate of drug-likeness (QED) is 0.777. The van der Waals surface area contributed by atoms with E-state index in [1.807, 2.05) is 0 Å². The molecule has 0 bridgehead atoms. The molecule has 0 saturated carbocycles. The summed E-state index contributed by atoms with van der Waals surface area (Å²) in [5.74, 6) is -1.71. The number of carbonyl (C=O) groups excluding carboxylic acids is 4. The highest BCUT2D eigenvalue weighted by atomic mass is 16.2. The molecule has 0 saturated heterocycles. The Morgan fingerprint density at radius 1 is 0.696 bits per heavy atom. The summed E-state index contributed by atoms with van der Waals surface area (Å²) in [6, 6.07) is 3.29. The maximum atomic E-state index is 12.2. The normalized spacial score (nSPS) is 17.6. The Kier molecular flexibility index (Phi) is 3.25. The highest BCUT2D eigenvalue weighted by molar-refractivity contribution is 6.31. The summed E-state index contributed by atoms with van der Waals surface area (Å²) in [6.07, 6.45) is 3.66. The predicted octanol–water partition coefficient (Wildman–Crippen LogP) is 1.55. The molecule has 1 aromatic carbocycles. The first-order valence-electron chi connectivity index (χ1n) is 7.05. The smallest absolute Gasteiger partial charge is 0.261 e. The van der Waals surface area contributed by atoms with Crippen LogP contribution >= 0.6 is 0 Å². The SMILES string of the molecule is CC1=CC(=O)N(c2cc(N3C(=O)C=CC3=O)c(C)cc2C)C1=O. The zero-order valence-electron chi connectivity index (χ0n) is 12.9. The average Bonchev–Trinajstić information content (AvgIpc) is 2.92. The molecule has 3 rings (SSSR count). The zero-order valence-corrected chi connectivity index (χ0v) is 12.9. The van der Waals surface area contributed by atoms with Crippen LogP contribution in [0.25, 0.3) is 0 Å². The third kappa shape index (κ3) is 2.19. The van der Waals surface area contributed by atoms with E-state index in [2.05, 4.69) is 0 Å². The van der Waals surface area contributed by atoms with E-state index in [9.17, 15) is 19.2 Å². The van der Waals surface area contributed by atoms with Gasteiger partial charge in [0, 0.05) is 23.8 Å². The van der Waals surface area contributed by atoms with E-state index in [1.54, 1.807) is 26.8 Å². The lowest BCUT2D eigenvalue weighted by Gasteiger charge is -2.23. The second-order valence-corrected chi connectivity index (χ2v) is 5.58. The Morgan fingerprint density at radius 2 is 1.22 bits per heavy atom. The number of nitrogens with zero attached hydrogens (tertiary/aromatic N) is 2. The monoisotopic (exact) mass is 310 g/mol. The van der Waals surface area contributed by atoms with Crippen molar-refractivity contribution < 1.29 is 19.2 Å². The number of carbonyl (C=O) groups is 4. The summed E-state index contributed by atoms with van der Waals surface area (Å²) >= 11 is 0. The number of benzene rings is 1. The van der Waals surface area contributed by atoms with Gasteiger partial charge in [0.15, 0.2) is 0 Å². The van der Waals surface area contributed by atoms with Gasteiger partial charge in [-0.25, -0.2) is 9.80 Å². The summed E-state index contributed by atoms with van der Waals surface area (Å²) in [5, 5.41) is 0. The lowest BCUT2D eigenvalue weighted by molar-refractivity contribution is -0.121. The second kappa shape index (κ2) is 5.01. The van der Waals surface area contributed by atoms with Crippen LogP contribution in [0.5, 0.6) is 0 Å². The fraction of sp³-hybridized carbons (Fsp3) is 0.176. The third-order valence-corrected chi connectivity index (χ3v) is 3.91. The van der Waals surface area contributed by atoms with Crippen LogP contribution in [0.15, 0.2) is 35.9 Å². The molecule has 0 fully saturated rings. The number of hydrogen-bond acceptors (Lipinski definition) is 4. The first kappa shape index (κ1) is 14.9. The molecule has 23 heavy (non-hydrogen) atoms. The first-order valence-corrected chi connectivity index (χ1v) is 7.05. The molecule has 1 aromatic rings. The molecule has 0 radical (unpaired) electrons. The number of aryl methyl sites for hydroxylation is 2. The molecule has 0 unspecified atom stereocenters. The van der Waals surface area contributed by atoms with Crippen LogP contribution in [0.1, 0.15) is 18.1 Å². The van der Waals surface area contributed by atoms with Crippen molar-refractivity contribution in [3.63, 3.8) is 0 Å². The fourth-order valence-electron chi connectivity index (χ4n) is 2.77. The average molecular weight is 310 g/mol. The summed E-state index contributed by atoms with van der Waals surface area (Å²) in [6.45, 7) is 5.11. The molecule has 6 nitrogen and oxygen atoms in total. The van der Waals surface area contributed by atoms with Crippen molar-refractivity contribution in [2.75, 3.05) is 9.80 Å². The van der Waals surface area contributed by atoms with Gasteiger partial charge >= 0.3 is 0 Å². The van der Waals surface area contributed by atoms with Gasteiger partial charge in [-0.2, -0.15) is 0 Å². The van der Waals surface area contributed by atoms with Gasteiger partial charge in [-0.15, -0.1) is 0 Å². The summed E-state index contributed by atoms with van der Waals surface area (Å²) in [5.41, 5.74) is 2.52. The van der Waals surface area contributed by atoms with E-state index in [0.29, 0.717) is 28.1 Å². The topological polar surface area (TPSA) is 74.8 Å². The minimum absolute atomic E-state index is 0.353. The summed E-state index contributed by atoms with van der Waals surface area (Å²) in [4.78, 5) is 50.1. The van der Waals surface area contributed by atoms with Crippen LogP contribution in [0.4, 0.5) is 11.4 Å². The van der Waals surface area contributed by atoms with Crippen molar-refractivity contribution in [2.24, 2.45) is 0 Å². The van der Waals surface area contributed by atoms with E-state index in [1.165, 1.54) is 24.3 Å². The molecule has 2 aliphatic heterocycles. The largest absolute Gasteiger partial charge is 0.269 e. The third-order valence-electron chi connectivity index (χ3n) is 3.91. The van der Waals surface area contributed by atoms with Gasteiger partial charge in [0.2, 0.25) is 0 Å². The Bertz CT molecular complexity index is 830. The van der Waals surface area contributed by atoms with Crippen LogP contribution in [0.2, 0.25) is 0 Å². The van der Waals surface area contributed by atoms with Gasteiger partial charge in [0.25, 0.3) is 23.6 Å². The molecule has 0 N–H and O–H groups in total. The molecule has 0 spiro atoms. The molecule has 6 heteroatoms. The van der Waals surface area contributed by atoms with Crippen molar-refractivity contribution in [3.05, 3.63) is 47.1 Å². The molecule has 4 amide bonds. The maximum absolute atomic E-state index is 12.2. The van der Waals surface area contributed by atoms with Crippen LogP contribution < -0.4 is 9.80 Å². The molecule has 116 valence electrons. The lowest BCUT2D eigenvalue weighted by Crippen LogP contribution is -2.33. The van der Waals surface area contributed by atoms with Crippen molar-refractivity contribution >= 4 is 35.0 Å². The molecular formula is C17H14N2O4. The molecular weight excluding hydrogens is 296 g/mol. The molecule has 2 aliphatic rings. The number of amides is 4. The van der Waals surface area contributed by atoms with E-state index in [-0.39, 0.29) is 0 Å². The maximum Gasteiger partial charge on any atom is 0.261 e. The molecule has 0 aromatic heterocycles.